The fourth-order valence-corrected chi connectivity index (χ4v) is 3.47. The van der Waals surface area contributed by atoms with Gasteiger partial charge in [-0.3, -0.25) is 24.0 Å². The second kappa shape index (κ2) is 12.9. The van der Waals surface area contributed by atoms with Crippen molar-refractivity contribution < 1.29 is 48.0 Å². The molecule has 0 radical (unpaired) electrons. The Labute approximate surface area is 180 Å². The molecular weight excluding hydrogens is 414 g/mol. The van der Waals surface area contributed by atoms with Crippen LogP contribution in [0.2, 0.25) is 0 Å². The summed E-state index contributed by atoms with van der Waals surface area (Å²) in [6, 6.07) is -0.821. The topological polar surface area (TPSA) is 155 Å². The largest absolute Gasteiger partial charge is 0.481 e. The van der Waals surface area contributed by atoms with Crippen molar-refractivity contribution in [1.29, 1.82) is 0 Å². The van der Waals surface area contributed by atoms with E-state index in [1.807, 2.05) is 0 Å². The van der Waals surface area contributed by atoms with E-state index in [-0.39, 0.29) is 13.0 Å². The van der Waals surface area contributed by atoms with Crippen molar-refractivity contribution >= 4 is 29.8 Å². The van der Waals surface area contributed by atoms with Crippen molar-refractivity contribution in [3.05, 3.63) is 0 Å². The number of ether oxygens (including phenoxy) is 4. The number of carbonyl (C=O) groups excluding carboxylic acids is 4. The number of hydrogen-bond donors (Lipinski definition) is 2. The van der Waals surface area contributed by atoms with E-state index in [1.54, 1.807) is 0 Å². The molecule has 176 valence electrons. The van der Waals surface area contributed by atoms with Crippen LogP contribution in [-0.2, 0) is 42.9 Å². The Hall–Kier alpha value is -2.69. The molecule has 11 nitrogen and oxygen atoms in total. The standard InChI is InChI=1S/C20H31NO10/c1-11(22)21-18-15(8-6-5-7-9-17(26)27)31-16(10-28-12(2)23)19(29-13(3)24)20(18)30-14(4)25/h15-16,18-20H,5-10H2,1-4H3,(H,21,22)(H,26,27)/t15-,16+,18-,19-,20+/m0/s1. The smallest absolute Gasteiger partial charge is 0.303 e. The van der Waals surface area contributed by atoms with Crippen LogP contribution < -0.4 is 5.32 Å². The molecule has 0 aromatic rings. The summed E-state index contributed by atoms with van der Waals surface area (Å²) in [6.07, 6.45) is -1.63. The fourth-order valence-electron chi connectivity index (χ4n) is 3.47. The van der Waals surface area contributed by atoms with Crippen LogP contribution in [0.15, 0.2) is 0 Å². The summed E-state index contributed by atoms with van der Waals surface area (Å²) in [5.41, 5.74) is 0. The summed E-state index contributed by atoms with van der Waals surface area (Å²) >= 11 is 0. The molecule has 0 bridgehead atoms. The quantitative estimate of drug-likeness (QED) is 0.264. The summed E-state index contributed by atoms with van der Waals surface area (Å²) in [7, 11) is 0. The number of hydrogen-bond acceptors (Lipinski definition) is 9. The Morgan fingerprint density at radius 2 is 1.45 bits per heavy atom. The zero-order chi connectivity index (χ0) is 23.6. The zero-order valence-electron chi connectivity index (χ0n) is 18.3. The number of esters is 3. The summed E-state index contributed by atoms with van der Waals surface area (Å²) in [5, 5.41) is 11.5. The third kappa shape index (κ3) is 9.77. The highest BCUT2D eigenvalue weighted by atomic mass is 16.6. The summed E-state index contributed by atoms with van der Waals surface area (Å²) in [6.45, 7) is 4.63. The third-order valence-electron chi connectivity index (χ3n) is 4.60. The van der Waals surface area contributed by atoms with Crippen molar-refractivity contribution in [2.75, 3.05) is 6.61 Å². The van der Waals surface area contributed by atoms with Crippen LogP contribution in [0.25, 0.3) is 0 Å². The first kappa shape index (κ1) is 26.3. The van der Waals surface area contributed by atoms with Gasteiger partial charge in [0, 0.05) is 34.1 Å². The van der Waals surface area contributed by atoms with Gasteiger partial charge in [-0.25, -0.2) is 0 Å². The number of carbonyl (C=O) groups is 5. The van der Waals surface area contributed by atoms with Gasteiger partial charge < -0.3 is 29.4 Å². The lowest BCUT2D eigenvalue weighted by atomic mass is 9.89. The van der Waals surface area contributed by atoms with Crippen molar-refractivity contribution in [2.24, 2.45) is 0 Å². The van der Waals surface area contributed by atoms with Crippen molar-refractivity contribution in [1.82, 2.24) is 5.32 Å². The van der Waals surface area contributed by atoms with Gasteiger partial charge in [-0.15, -0.1) is 0 Å². The fraction of sp³-hybridized carbons (Fsp3) is 0.750. The highest BCUT2D eigenvalue weighted by Gasteiger charge is 2.50. The number of rotatable bonds is 11. The minimum Gasteiger partial charge on any atom is -0.481 e. The van der Waals surface area contributed by atoms with Crippen molar-refractivity contribution in [2.45, 2.75) is 90.3 Å². The van der Waals surface area contributed by atoms with E-state index in [9.17, 15) is 24.0 Å². The van der Waals surface area contributed by atoms with Crippen molar-refractivity contribution in [3.8, 4) is 0 Å². The molecule has 0 aromatic carbocycles. The molecule has 31 heavy (non-hydrogen) atoms. The first-order valence-corrected chi connectivity index (χ1v) is 10.1. The highest BCUT2D eigenvalue weighted by Crippen LogP contribution is 2.29. The molecule has 11 heteroatoms. The first-order valence-electron chi connectivity index (χ1n) is 10.1. The van der Waals surface area contributed by atoms with Gasteiger partial charge in [0.05, 0.1) is 12.1 Å². The predicted molar refractivity (Wildman–Crippen MR) is 105 cm³/mol. The van der Waals surface area contributed by atoms with Crippen LogP contribution in [0.1, 0.15) is 59.8 Å². The van der Waals surface area contributed by atoms with E-state index in [2.05, 4.69) is 5.32 Å². The average Bonchev–Trinajstić information content (AvgIpc) is 2.62. The Kier molecular flexibility index (Phi) is 10.9. The maximum Gasteiger partial charge on any atom is 0.303 e. The molecule has 1 rings (SSSR count). The molecule has 1 aliphatic rings. The normalized spacial score (nSPS) is 25.2. The minimum absolute atomic E-state index is 0.0420. The lowest BCUT2D eigenvalue weighted by Gasteiger charge is -2.45. The molecule has 1 amide bonds. The van der Waals surface area contributed by atoms with E-state index in [1.165, 1.54) is 27.7 Å². The number of carboxylic acid groups (broad SMARTS) is 1. The molecule has 2 N–H and O–H groups in total. The average molecular weight is 445 g/mol. The minimum atomic E-state index is -1.11. The van der Waals surface area contributed by atoms with E-state index in [4.69, 9.17) is 24.1 Å². The van der Waals surface area contributed by atoms with Crippen LogP contribution in [0, 0.1) is 0 Å². The SMILES string of the molecule is CC(=O)N[C@@H]1[C@@H](OC(C)=O)[C@@H](OC(C)=O)[C@@H](COC(C)=O)O[C@H]1CCCCCC(=O)O. The van der Waals surface area contributed by atoms with Gasteiger partial charge in [0.15, 0.2) is 12.2 Å². The van der Waals surface area contributed by atoms with Crippen LogP contribution in [0.5, 0.6) is 0 Å². The Morgan fingerprint density at radius 1 is 0.839 bits per heavy atom. The Bertz CT molecular complexity index is 664. The van der Waals surface area contributed by atoms with Gasteiger partial charge in [0.25, 0.3) is 0 Å². The summed E-state index contributed by atoms with van der Waals surface area (Å²) in [4.78, 5) is 57.2. The molecule has 0 spiro atoms. The molecule has 0 aliphatic carbocycles. The highest BCUT2D eigenvalue weighted by molar-refractivity contribution is 5.73. The van der Waals surface area contributed by atoms with Gasteiger partial charge >= 0.3 is 23.9 Å². The molecule has 1 aliphatic heterocycles. The Morgan fingerprint density at radius 3 is 1.97 bits per heavy atom. The van der Waals surface area contributed by atoms with Gasteiger partial charge in [-0.1, -0.05) is 12.8 Å². The van der Waals surface area contributed by atoms with E-state index < -0.39 is 60.2 Å². The predicted octanol–water partition coefficient (Wildman–Crippen LogP) is 0.720. The number of amides is 1. The number of carboxylic acids is 1. The molecule has 0 unspecified atom stereocenters. The summed E-state index contributed by atoms with van der Waals surface area (Å²) in [5.74, 6) is -3.16. The maximum atomic E-state index is 11.8. The van der Waals surface area contributed by atoms with Gasteiger partial charge in [0.1, 0.15) is 12.7 Å². The number of aliphatic carboxylic acids is 1. The molecule has 0 saturated carbocycles. The second-order valence-corrected chi connectivity index (χ2v) is 7.38. The summed E-state index contributed by atoms with van der Waals surface area (Å²) < 4.78 is 21.8. The van der Waals surface area contributed by atoms with E-state index in [0.29, 0.717) is 25.7 Å². The second-order valence-electron chi connectivity index (χ2n) is 7.38. The van der Waals surface area contributed by atoms with Crippen LogP contribution in [-0.4, -0.2) is 72.0 Å². The van der Waals surface area contributed by atoms with Crippen LogP contribution in [0.3, 0.4) is 0 Å². The van der Waals surface area contributed by atoms with Gasteiger partial charge in [-0.2, -0.15) is 0 Å². The lowest BCUT2D eigenvalue weighted by Crippen LogP contribution is -2.66. The molecule has 1 saturated heterocycles. The van der Waals surface area contributed by atoms with Gasteiger partial charge in [0.2, 0.25) is 5.91 Å². The van der Waals surface area contributed by atoms with Crippen LogP contribution >= 0.6 is 0 Å². The lowest BCUT2D eigenvalue weighted by molar-refractivity contribution is -0.224. The number of unbranched alkanes of at least 4 members (excludes halogenated alkanes) is 2. The Balaban J connectivity index is 3.11. The van der Waals surface area contributed by atoms with E-state index in [0.717, 1.165) is 0 Å². The van der Waals surface area contributed by atoms with Gasteiger partial charge in [-0.05, 0) is 12.8 Å². The molecular formula is C20H31NO10. The van der Waals surface area contributed by atoms with Crippen molar-refractivity contribution in [3.63, 3.8) is 0 Å². The van der Waals surface area contributed by atoms with Crippen LogP contribution in [0.4, 0.5) is 0 Å². The molecule has 1 heterocycles. The molecule has 5 atom stereocenters. The third-order valence-corrected chi connectivity index (χ3v) is 4.60. The first-order chi connectivity index (χ1) is 14.5. The zero-order valence-corrected chi connectivity index (χ0v) is 18.3. The van der Waals surface area contributed by atoms with E-state index >= 15 is 0 Å². The maximum absolute atomic E-state index is 11.8. The molecule has 0 aromatic heterocycles. The monoisotopic (exact) mass is 445 g/mol. The number of nitrogens with one attached hydrogen (secondary N) is 1. The molecule has 1 fully saturated rings.